The molecule has 4 nitrogen and oxygen atoms in total. The van der Waals surface area contributed by atoms with Crippen LogP contribution in [0.4, 0.5) is 0 Å². The van der Waals surface area contributed by atoms with Gasteiger partial charge < -0.3 is 20.1 Å². The zero-order chi connectivity index (χ0) is 8.72. The SMILES string of the molecule is O[C@@H]1[C@@H](O)[C@H]2O[C@H](CSS2)[C@H]1O. The van der Waals surface area contributed by atoms with Crippen LogP contribution in [0.1, 0.15) is 0 Å². The maximum Gasteiger partial charge on any atom is 0.142 e. The van der Waals surface area contributed by atoms with E-state index < -0.39 is 23.7 Å². The highest BCUT2D eigenvalue weighted by molar-refractivity contribution is 8.77. The number of rotatable bonds is 0. The lowest BCUT2D eigenvalue weighted by Gasteiger charge is -2.42. The number of hydrogen-bond donors (Lipinski definition) is 3. The molecule has 0 saturated carbocycles. The third-order valence-corrected chi connectivity index (χ3v) is 4.63. The van der Waals surface area contributed by atoms with Crippen LogP contribution in [0.2, 0.25) is 0 Å². The molecule has 2 heterocycles. The summed E-state index contributed by atoms with van der Waals surface area (Å²) in [6.07, 6.45) is -3.33. The molecule has 2 aliphatic heterocycles. The van der Waals surface area contributed by atoms with Gasteiger partial charge in [-0.05, 0) is 0 Å². The lowest BCUT2D eigenvalue weighted by molar-refractivity contribution is -0.191. The summed E-state index contributed by atoms with van der Waals surface area (Å²) in [6, 6.07) is 0. The van der Waals surface area contributed by atoms with E-state index >= 15 is 0 Å². The summed E-state index contributed by atoms with van der Waals surface area (Å²) in [6.45, 7) is 0. The molecule has 0 aliphatic carbocycles. The van der Waals surface area contributed by atoms with Gasteiger partial charge in [0.1, 0.15) is 23.7 Å². The van der Waals surface area contributed by atoms with Crippen LogP contribution in [-0.2, 0) is 4.74 Å². The summed E-state index contributed by atoms with van der Waals surface area (Å²) in [5.41, 5.74) is -0.396. The topological polar surface area (TPSA) is 69.9 Å². The zero-order valence-electron chi connectivity index (χ0n) is 6.16. The summed E-state index contributed by atoms with van der Waals surface area (Å²) in [7, 11) is 2.96. The first kappa shape index (κ1) is 9.11. The van der Waals surface area contributed by atoms with E-state index in [4.69, 9.17) is 4.74 Å². The van der Waals surface area contributed by atoms with Crippen molar-refractivity contribution in [3.63, 3.8) is 0 Å². The zero-order valence-corrected chi connectivity index (χ0v) is 7.79. The Labute approximate surface area is 77.7 Å². The smallest absolute Gasteiger partial charge is 0.142 e. The van der Waals surface area contributed by atoms with Crippen molar-refractivity contribution in [3.05, 3.63) is 0 Å². The van der Waals surface area contributed by atoms with Crippen molar-refractivity contribution in [3.8, 4) is 0 Å². The van der Waals surface area contributed by atoms with Gasteiger partial charge in [-0.15, -0.1) is 0 Å². The van der Waals surface area contributed by atoms with Gasteiger partial charge in [-0.25, -0.2) is 0 Å². The molecule has 0 aromatic carbocycles. The maximum atomic E-state index is 9.40. The van der Waals surface area contributed by atoms with E-state index in [-0.39, 0.29) is 6.10 Å². The Morgan fingerprint density at radius 3 is 2.58 bits per heavy atom. The summed E-state index contributed by atoms with van der Waals surface area (Å²) >= 11 is 0. The van der Waals surface area contributed by atoms with Crippen LogP contribution in [0.3, 0.4) is 0 Å². The van der Waals surface area contributed by atoms with Crippen LogP contribution >= 0.6 is 21.6 Å². The van der Waals surface area contributed by atoms with Crippen LogP contribution in [-0.4, -0.2) is 50.9 Å². The summed E-state index contributed by atoms with van der Waals surface area (Å²) < 4.78 is 5.30. The van der Waals surface area contributed by atoms with E-state index in [1.165, 1.54) is 10.8 Å². The average Bonchev–Trinajstić information content (AvgIpc) is 2.13. The van der Waals surface area contributed by atoms with Gasteiger partial charge in [-0.2, -0.15) is 0 Å². The van der Waals surface area contributed by atoms with Crippen LogP contribution in [0.25, 0.3) is 0 Å². The summed E-state index contributed by atoms with van der Waals surface area (Å²) in [5.74, 6) is 0.659. The molecule has 0 aromatic heterocycles. The molecular weight excluding hydrogens is 200 g/mol. The third kappa shape index (κ3) is 1.36. The Morgan fingerprint density at radius 1 is 1.08 bits per heavy atom. The minimum Gasteiger partial charge on any atom is -0.388 e. The minimum absolute atomic E-state index is 0.334. The molecule has 6 heteroatoms. The molecule has 2 fully saturated rings. The van der Waals surface area contributed by atoms with Gasteiger partial charge in [0.05, 0.1) is 6.10 Å². The third-order valence-electron chi connectivity index (χ3n) is 2.06. The van der Waals surface area contributed by atoms with E-state index in [9.17, 15) is 15.3 Å². The first-order chi connectivity index (χ1) is 5.70. The second-order valence-corrected chi connectivity index (χ2v) is 5.41. The lowest BCUT2D eigenvalue weighted by Crippen LogP contribution is -2.58. The molecule has 2 bridgehead atoms. The molecule has 2 rings (SSSR count). The van der Waals surface area contributed by atoms with Crippen LogP contribution in [0.5, 0.6) is 0 Å². The molecule has 2 aliphatic rings. The first-order valence-corrected chi connectivity index (χ1v) is 6.06. The van der Waals surface area contributed by atoms with Crippen LogP contribution in [0, 0.1) is 0 Å². The Bertz CT molecular complexity index is 151. The van der Waals surface area contributed by atoms with Gasteiger partial charge >= 0.3 is 0 Å². The largest absolute Gasteiger partial charge is 0.388 e. The molecule has 0 unspecified atom stereocenters. The number of aliphatic hydroxyl groups excluding tert-OH is 3. The Morgan fingerprint density at radius 2 is 1.83 bits per heavy atom. The van der Waals surface area contributed by atoms with Gasteiger partial charge in [-0.3, -0.25) is 0 Å². The Kier molecular flexibility index (Phi) is 2.55. The molecule has 5 atom stereocenters. The van der Waals surface area contributed by atoms with Crippen LogP contribution < -0.4 is 0 Å². The first-order valence-electron chi connectivity index (χ1n) is 3.68. The van der Waals surface area contributed by atoms with Crippen molar-refractivity contribution < 1.29 is 20.1 Å². The molecule has 0 radical (unpaired) electrons. The summed E-state index contributed by atoms with van der Waals surface area (Å²) in [5, 5.41) is 28.1. The average molecular weight is 210 g/mol. The predicted molar refractivity (Wildman–Crippen MR) is 46.7 cm³/mol. The van der Waals surface area contributed by atoms with E-state index in [1.54, 1.807) is 10.8 Å². The van der Waals surface area contributed by atoms with Crippen molar-refractivity contribution in [2.24, 2.45) is 0 Å². The minimum atomic E-state index is -1.07. The van der Waals surface area contributed by atoms with Gasteiger partial charge in [0.25, 0.3) is 0 Å². The van der Waals surface area contributed by atoms with Gasteiger partial charge in [0, 0.05) is 5.75 Å². The number of hydrogen-bond acceptors (Lipinski definition) is 6. The normalized spacial score (nSPS) is 53.8. The number of ether oxygens (including phenoxy) is 1. The molecule has 0 amide bonds. The Hall–Kier alpha value is 0.540. The van der Waals surface area contributed by atoms with E-state index in [2.05, 4.69) is 0 Å². The highest BCUT2D eigenvalue weighted by atomic mass is 33.1. The van der Waals surface area contributed by atoms with Gasteiger partial charge in [-0.1, -0.05) is 21.6 Å². The van der Waals surface area contributed by atoms with Crippen molar-refractivity contribution >= 4 is 21.6 Å². The molecule has 12 heavy (non-hydrogen) atoms. The number of fused-ring (bicyclic) bond motifs is 2. The maximum absolute atomic E-state index is 9.40. The quantitative estimate of drug-likeness (QED) is 0.454. The molecule has 70 valence electrons. The van der Waals surface area contributed by atoms with Crippen molar-refractivity contribution in [2.45, 2.75) is 29.9 Å². The molecular formula is C6H10O4S2. The second-order valence-electron chi connectivity index (χ2n) is 2.90. The highest BCUT2D eigenvalue weighted by Crippen LogP contribution is 2.41. The lowest BCUT2D eigenvalue weighted by atomic mass is 10.0. The van der Waals surface area contributed by atoms with Crippen molar-refractivity contribution in [1.82, 2.24) is 0 Å². The second kappa shape index (κ2) is 3.36. The molecule has 3 N–H and O–H groups in total. The monoisotopic (exact) mass is 210 g/mol. The highest BCUT2D eigenvalue weighted by Gasteiger charge is 2.46. The standard InChI is InChI=1S/C6H10O4S2/c7-3-2-1-11-12-6(10-2)5(9)4(3)8/h2-9H,1H2/t2-,3-,4+,5-,6+/m1/s1. The Balaban J connectivity index is 2.13. The van der Waals surface area contributed by atoms with Gasteiger partial charge in [0.2, 0.25) is 0 Å². The molecule has 0 spiro atoms. The summed E-state index contributed by atoms with van der Waals surface area (Å²) in [4.78, 5) is 0. The molecule has 2 saturated heterocycles. The van der Waals surface area contributed by atoms with E-state index in [0.29, 0.717) is 5.75 Å². The molecule has 0 aromatic rings. The van der Waals surface area contributed by atoms with Crippen molar-refractivity contribution in [2.75, 3.05) is 5.75 Å². The fourth-order valence-corrected chi connectivity index (χ4v) is 3.91. The fraction of sp³-hybridized carbons (Fsp3) is 1.00. The van der Waals surface area contributed by atoms with Gasteiger partial charge in [0.15, 0.2) is 0 Å². The van der Waals surface area contributed by atoms with E-state index in [0.717, 1.165) is 0 Å². The fourth-order valence-electron chi connectivity index (χ4n) is 1.31. The van der Waals surface area contributed by atoms with Crippen LogP contribution in [0.15, 0.2) is 0 Å². The van der Waals surface area contributed by atoms with E-state index in [1.807, 2.05) is 0 Å². The predicted octanol–water partition coefficient (Wildman–Crippen LogP) is -0.811. The number of aliphatic hydroxyl groups is 3. The van der Waals surface area contributed by atoms with Crippen molar-refractivity contribution in [1.29, 1.82) is 0 Å².